The van der Waals surface area contributed by atoms with Crippen molar-refractivity contribution in [3.05, 3.63) is 65.7 Å². The Kier molecular flexibility index (Phi) is 7.28. The molecule has 1 fully saturated rings. The molecule has 30 heavy (non-hydrogen) atoms. The monoisotopic (exact) mass is 429 g/mol. The Labute approximate surface area is 179 Å². The van der Waals surface area contributed by atoms with E-state index in [4.69, 9.17) is 0 Å². The van der Waals surface area contributed by atoms with Gasteiger partial charge in [-0.15, -0.1) is 0 Å². The lowest BCUT2D eigenvalue weighted by Gasteiger charge is -2.34. The van der Waals surface area contributed by atoms with E-state index in [1.807, 2.05) is 49.4 Å². The lowest BCUT2D eigenvalue weighted by molar-refractivity contribution is -0.131. The average Bonchev–Trinajstić information content (AvgIpc) is 2.78. The van der Waals surface area contributed by atoms with Crippen LogP contribution < -0.4 is 5.32 Å². The van der Waals surface area contributed by atoms with Crippen molar-refractivity contribution in [3.63, 3.8) is 0 Å². The van der Waals surface area contributed by atoms with Crippen molar-refractivity contribution >= 4 is 15.9 Å². The van der Waals surface area contributed by atoms with Crippen LogP contribution in [0, 0.1) is 0 Å². The lowest BCUT2D eigenvalue weighted by atomic mass is 10.0. The molecule has 3 rings (SSSR count). The Hall–Kier alpha value is -2.22. The summed E-state index contributed by atoms with van der Waals surface area (Å²) in [5.41, 5.74) is 2.24. The summed E-state index contributed by atoms with van der Waals surface area (Å²) in [5.74, 6) is 0.352. The van der Waals surface area contributed by atoms with Crippen LogP contribution in [0.4, 0.5) is 0 Å². The van der Waals surface area contributed by atoms with Gasteiger partial charge in [-0.25, -0.2) is 8.42 Å². The molecule has 1 amide bonds. The first-order chi connectivity index (χ1) is 14.3. The molecule has 1 heterocycles. The Morgan fingerprint density at radius 3 is 2.07 bits per heavy atom. The van der Waals surface area contributed by atoms with Crippen molar-refractivity contribution in [2.75, 3.05) is 32.7 Å². The van der Waals surface area contributed by atoms with E-state index in [2.05, 4.69) is 19.2 Å². The summed E-state index contributed by atoms with van der Waals surface area (Å²) in [5, 5.41) is 3.25. The number of carbonyl (C=O) groups is 1. The standard InChI is InChI=1S/C23H31N3O3S/c1-18(2)20-9-11-22(12-10-20)30(28,29)26-15-13-25(14-16-26)23(27)17-24-19(3)21-7-5-4-6-8-21/h4-12,18-19,24H,13-17H2,1-3H3/t19-/m1/s1. The van der Waals surface area contributed by atoms with Gasteiger partial charge in [0.05, 0.1) is 11.4 Å². The van der Waals surface area contributed by atoms with Gasteiger partial charge < -0.3 is 10.2 Å². The molecule has 6 nitrogen and oxygen atoms in total. The molecule has 0 saturated carbocycles. The Bertz CT molecular complexity index is 935. The van der Waals surface area contributed by atoms with E-state index < -0.39 is 10.0 Å². The zero-order valence-electron chi connectivity index (χ0n) is 17.9. The maximum Gasteiger partial charge on any atom is 0.243 e. The molecule has 2 aromatic rings. The van der Waals surface area contributed by atoms with Crippen molar-refractivity contribution in [2.24, 2.45) is 0 Å². The second-order valence-electron chi connectivity index (χ2n) is 8.02. The number of amides is 1. The Balaban J connectivity index is 1.52. The van der Waals surface area contributed by atoms with Gasteiger partial charge in [-0.3, -0.25) is 4.79 Å². The number of piperazine rings is 1. The van der Waals surface area contributed by atoms with Crippen LogP contribution in [-0.2, 0) is 14.8 Å². The summed E-state index contributed by atoms with van der Waals surface area (Å²) in [7, 11) is -3.54. The number of rotatable bonds is 7. The van der Waals surface area contributed by atoms with Gasteiger partial charge in [-0.2, -0.15) is 4.31 Å². The first-order valence-corrected chi connectivity index (χ1v) is 11.9. The molecular weight excluding hydrogens is 398 g/mol. The smallest absolute Gasteiger partial charge is 0.243 e. The van der Waals surface area contributed by atoms with E-state index in [9.17, 15) is 13.2 Å². The lowest BCUT2D eigenvalue weighted by Crippen LogP contribution is -2.52. The largest absolute Gasteiger partial charge is 0.339 e. The summed E-state index contributed by atoms with van der Waals surface area (Å²) >= 11 is 0. The highest BCUT2D eigenvalue weighted by Gasteiger charge is 2.30. The zero-order valence-corrected chi connectivity index (χ0v) is 18.7. The predicted molar refractivity (Wildman–Crippen MR) is 119 cm³/mol. The topological polar surface area (TPSA) is 69.7 Å². The van der Waals surface area contributed by atoms with Crippen molar-refractivity contribution in [2.45, 2.75) is 37.6 Å². The van der Waals surface area contributed by atoms with E-state index in [0.29, 0.717) is 37.0 Å². The third kappa shape index (κ3) is 5.28. The molecule has 1 aliphatic heterocycles. The van der Waals surface area contributed by atoms with Gasteiger partial charge in [-0.05, 0) is 36.1 Å². The number of benzene rings is 2. The van der Waals surface area contributed by atoms with Crippen molar-refractivity contribution < 1.29 is 13.2 Å². The van der Waals surface area contributed by atoms with Crippen molar-refractivity contribution in [1.82, 2.24) is 14.5 Å². The maximum atomic E-state index is 12.9. The van der Waals surface area contributed by atoms with Crippen LogP contribution in [0.2, 0.25) is 0 Å². The van der Waals surface area contributed by atoms with Gasteiger partial charge in [-0.1, -0.05) is 56.3 Å². The molecular formula is C23H31N3O3S. The fourth-order valence-corrected chi connectivity index (χ4v) is 4.99. The molecule has 1 saturated heterocycles. The first-order valence-electron chi connectivity index (χ1n) is 10.4. The molecule has 0 spiro atoms. The molecule has 1 aliphatic rings. The zero-order chi connectivity index (χ0) is 21.7. The molecule has 1 N–H and O–H groups in total. The van der Waals surface area contributed by atoms with E-state index in [-0.39, 0.29) is 18.5 Å². The van der Waals surface area contributed by atoms with E-state index >= 15 is 0 Å². The van der Waals surface area contributed by atoms with E-state index in [1.54, 1.807) is 17.0 Å². The third-order valence-corrected chi connectivity index (χ3v) is 7.55. The van der Waals surface area contributed by atoms with Crippen LogP contribution in [0.5, 0.6) is 0 Å². The number of sulfonamides is 1. The first kappa shape index (κ1) is 22.5. The molecule has 0 aromatic heterocycles. The van der Waals surface area contributed by atoms with Gasteiger partial charge in [0.2, 0.25) is 15.9 Å². The fourth-order valence-electron chi connectivity index (χ4n) is 3.56. The number of hydrogen-bond acceptors (Lipinski definition) is 4. The number of nitrogens with one attached hydrogen (secondary N) is 1. The normalized spacial score (nSPS) is 16.6. The summed E-state index contributed by atoms with van der Waals surface area (Å²) in [6, 6.07) is 17.1. The highest BCUT2D eigenvalue weighted by atomic mass is 32.2. The molecule has 0 aliphatic carbocycles. The molecule has 0 unspecified atom stereocenters. The summed E-state index contributed by atoms with van der Waals surface area (Å²) < 4.78 is 27.3. The number of carbonyl (C=O) groups excluding carboxylic acids is 1. The average molecular weight is 430 g/mol. The van der Waals surface area contributed by atoms with Crippen LogP contribution in [0.3, 0.4) is 0 Å². The van der Waals surface area contributed by atoms with Gasteiger partial charge >= 0.3 is 0 Å². The molecule has 162 valence electrons. The van der Waals surface area contributed by atoms with Crippen LogP contribution in [0.1, 0.15) is 43.9 Å². The van der Waals surface area contributed by atoms with Gasteiger partial charge in [0.25, 0.3) is 0 Å². The van der Waals surface area contributed by atoms with Gasteiger partial charge in [0.15, 0.2) is 0 Å². The van der Waals surface area contributed by atoms with E-state index in [1.165, 1.54) is 4.31 Å². The minimum atomic E-state index is -3.54. The Morgan fingerprint density at radius 1 is 0.900 bits per heavy atom. The predicted octanol–water partition coefficient (Wildman–Crippen LogP) is 2.99. The number of hydrogen-bond donors (Lipinski definition) is 1. The van der Waals surface area contributed by atoms with Crippen LogP contribution >= 0.6 is 0 Å². The maximum absolute atomic E-state index is 12.9. The minimum absolute atomic E-state index is 0.00360. The summed E-state index contributed by atoms with van der Waals surface area (Å²) in [6.07, 6.45) is 0. The molecule has 0 radical (unpaired) electrons. The molecule has 7 heteroatoms. The van der Waals surface area contributed by atoms with Gasteiger partial charge in [0, 0.05) is 32.2 Å². The molecule has 1 atom stereocenters. The molecule has 0 bridgehead atoms. The second kappa shape index (κ2) is 9.73. The summed E-state index contributed by atoms with van der Waals surface area (Å²) in [4.78, 5) is 14.6. The SMILES string of the molecule is CC(C)c1ccc(S(=O)(=O)N2CCN(C(=O)CN[C@H](C)c3ccccc3)CC2)cc1. The van der Waals surface area contributed by atoms with Crippen LogP contribution in [0.25, 0.3) is 0 Å². The minimum Gasteiger partial charge on any atom is -0.339 e. The van der Waals surface area contributed by atoms with Crippen LogP contribution in [0.15, 0.2) is 59.5 Å². The summed E-state index contributed by atoms with van der Waals surface area (Å²) in [6.45, 7) is 7.86. The van der Waals surface area contributed by atoms with Crippen molar-refractivity contribution in [1.29, 1.82) is 0 Å². The van der Waals surface area contributed by atoms with E-state index in [0.717, 1.165) is 11.1 Å². The molecule has 2 aromatic carbocycles. The highest BCUT2D eigenvalue weighted by molar-refractivity contribution is 7.89. The Morgan fingerprint density at radius 2 is 1.50 bits per heavy atom. The van der Waals surface area contributed by atoms with Crippen LogP contribution in [-0.4, -0.2) is 56.3 Å². The quantitative estimate of drug-likeness (QED) is 0.735. The fraction of sp³-hybridized carbons (Fsp3) is 0.435. The highest BCUT2D eigenvalue weighted by Crippen LogP contribution is 2.21. The third-order valence-electron chi connectivity index (χ3n) is 5.63. The van der Waals surface area contributed by atoms with Crippen molar-refractivity contribution in [3.8, 4) is 0 Å². The van der Waals surface area contributed by atoms with Gasteiger partial charge in [0.1, 0.15) is 0 Å². The second-order valence-corrected chi connectivity index (χ2v) is 9.96. The number of nitrogens with zero attached hydrogens (tertiary/aromatic N) is 2.